The molecule has 1 unspecified atom stereocenters. The summed E-state index contributed by atoms with van der Waals surface area (Å²) in [6, 6.07) is 14.8. The lowest BCUT2D eigenvalue weighted by atomic mass is 10.2. The number of aliphatic hydroxyl groups is 1. The Kier molecular flexibility index (Phi) is 5.85. The van der Waals surface area contributed by atoms with Crippen LogP contribution < -0.4 is 19.5 Å². The number of nitrogens with zero attached hydrogens (tertiary/aromatic N) is 2. The monoisotopic (exact) mass is 409 g/mol. The SMILES string of the molecule is CCc1c(C(=O)NCC(O)COc2ccc3c(c2)OCO3)cnn1-c1ccccc1. The Hall–Kier alpha value is -3.52. The summed E-state index contributed by atoms with van der Waals surface area (Å²) < 4.78 is 17.9. The zero-order valence-electron chi connectivity index (χ0n) is 16.6. The van der Waals surface area contributed by atoms with Crippen LogP contribution in [0.25, 0.3) is 5.69 Å². The predicted molar refractivity (Wildman–Crippen MR) is 109 cm³/mol. The van der Waals surface area contributed by atoms with Gasteiger partial charge in [0.1, 0.15) is 18.5 Å². The van der Waals surface area contributed by atoms with Crippen molar-refractivity contribution in [3.05, 3.63) is 66.0 Å². The van der Waals surface area contributed by atoms with Crippen molar-refractivity contribution in [1.82, 2.24) is 15.1 Å². The van der Waals surface area contributed by atoms with Crippen LogP contribution >= 0.6 is 0 Å². The first-order chi connectivity index (χ1) is 14.7. The molecule has 4 rings (SSSR count). The minimum Gasteiger partial charge on any atom is -0.491 e. The van der Waals surface area contributed by atoms with Crippen molar-refractivity contribution < 1.29 is 24.1 Å². The van der Waals surface area contributed by atoms with E-state index in [2.05, 4.69) is 10.4 Å². The van der Waals surface area contributed by atoms with Crippen molar-refractivity contribution in [3.63, 3.8) is 0 Å². The number of carbonyl (C=O) groups is 1. The maximum Gasteiger partial charge on any atom is 0.254 e. The van der Waals surface area contributed by atoms with Crippen LogP contribution in [0.15, 0.2) is 54.7 Å². The third-order valence-corrected chi connectivity index (χ3v) is 4.73. The number of rotatable bonds is 8. The van der Waals surface area contributed by atoms with E-state index >= 15 is 0 Å². The summed E-state index contributed by atoms with van der Waals surface area (Å²) in [6.45, 7) is 2.25. The lowest BCUT2D eigenvalue weighted by Gasteiger charge is -2.14. The number of carbonyl (C=O) groups excluding carboxylic acids is 1. The molecule has 1 amide bonds. The topological polar surface area (TPSA) is 94.8 Å². The van der Waals surface area contributed by atoms with E-state index in [4.69, 9.17) is 14.2 Å². The predicted octanol–water partition coefficient (Wildman–Crippen LogP) is 2.33. The van der Waals surface area contributed by atoms with Crippen LogP contribution in [0.5, 0.6) is 17.2 Å². The zero-order chi connectivity index (χ0) is 20.9. The van der Waals surface area contributed by atoms with Crippen molar-refractivity contribution >= 4 is 5.91 Å². The highest BCUT2D eigenvalue weighted by Crippen LogP contribution is 2.35. The van der Waals surface area contributed by atoms with Gasteiger partial charge in [-0.15, -0.1) is 0 Å². The van der Waals surface area contributed by atoms with Gasteiger partial charge in [-0.3, -0.25) is 4.79 Å². The summed E-state index contributed by atoms with van der Waals surface area (Å²) in [6.07, 6.45) is 1.33. The molecule has 156 valence electrons. The van der Waals surface area contributed by atoms with E-state index < -0.39 is 6.10 Å². The molecule has 0 fully saturated rings. The van der Waals surface area contributed by atoms with Crippen LogP contribution in [0.3, 0.4) is 0 Å². The second-order valence-electron chi connectivity index (χ2n) is 6.80. The molecule has 0 bridgehead atoms. The van der Waals surface area contributed by atoms with Crippen molar-refractivity contribution in [3.8, 4) is 22.9 Å². The Balaban J connectivity index is 1.32. The highest BCUT2D eigenvalue weighted by molar-refractivity contribution is 5.95. The molecular formula is C22H23N3O5. The number of aromatic nitrogens is 2. The molecule has 2 N–H and O–H groups in total. The van der Waals surface area contributed by atoms with Crippen LogP contribution in [0.2, 0.25) is 0 Å². The lowest BCUT2D eigenvalue weighted by Crippen LogP contribution is -2.35. The average molecular weight is 409 g/mol. The van der Waals surface area contributed by atoms with Crippen molar-refractivity contribution in [1.29, 1.82) is 0 Å². The third kappa shape index (κ3) is 4.23. The van der Waals surface area contributed by atoms with Gasteiger partial charge in [-0.1, -0.05) is 25.1 Å². The van der Waals surface area contributed by atoms with E-state index in [9.17, 15) is 9.90 Å². The number of ether oxygens (including phenoxy) is 3. The van der Waals surface area contributed by atoms with Gasteiger partial charge in [0.2, 0.25) is 6.79 Å². The molecule has 0 spiro atoms. The number of aliphatic hydroxyl groups excluding tert-OH is 1. The van der Waals surface area contributed by atoms with Gasteiger partial charge in [0.15, 0.2) is 11.5 Å². The van der Waals surface area contributed by atoms with Gasteiger partial charge in [-0.05, 0) is 30.7 Å². The summed E-state index contributed by atoms with van der Waals surface area (Å²) >= 11 is 0. The van der Waals surface area contributed by atoms with Gasteiger partial charge in [0.25, 0.3) is 5.91 Å². The summed E-state index contributed by atoms with van der Waals surface area (Å²) in [7, 11) is 0. The number of nitrogens with one attached hydrogen (secondary N) is 1. The molecule has 2 aromatic carbocycles. The van der Waals surface area contributed by atoms with Gasteiger partial charge < -0.3 is 24.6 Å². The molecule has 1 aliphatic rings. The van der Waals surface area contributed by atoms with E-state index in [1.54, 1.807) is 29.1 Å². The lowest BCUT2D eigenvalue weighted by molar-refractivity contribution is 0.0842. The van der Waals surface area contributed by atoms with Gasteiger partial charge in [0.05, 0.1) is 23.1 Å². The Bertz CT molecular complexity index is 1020. The first-order valence-corrected chi connectivity index (χ1v) is 9.76. The molecule has 0 saturated carbocycles. The Labute approximate surface area is 174 Å². The van der Waals surface area contributed by atoms with Gasteiger partial charge in [0, 0.05) is 12.6 Å². The number of para-hydroxylation sites is 1. The summed E-state index contributed by atoms with van der Waals surface area (Å²) in [5.74, 6) is 1.55. The van der Waals surface area contributed by atoms with Crippen LogP contribution in [-0.4, -0.2) is 46.8 Å². The average Bonchev–Trinajstić information content (AvgIpc) is 3.42. The molecular weight excluding hydrogens is 386 g/mol. The van der Waals surface area contributed by atoms with Crippen LogP contribution in [0, 0.1) is 0 Å². The molecule has 0 saturated heterocycles. The molecule has 3 aromatic rings. The molecule has 8 heteroatoms. The van der Waals surface area contributed by atoms with E-state index in [-0.39, 0.29) is 25.9 Å². The quantitative estimate of drug-likeness (QED) is 0.593. The van der Waals surface area contributed by atoms with Gasteiger partial charge >= 0.3 is 0 Å². The number of benzene rings is 2. The highest BCUT2D eigenvalue weighted by Gasteiger charge is 2.18. The number of amides is 1. The van der Waals surface area contributed by atoms with E-state index in [1.807, 2.05) is 37.3 Å². The van der Waals surface area contributed by atoms with E-state index in [0.717, 1.165) is 11.4 Å². The second-order valence-corrected chi connectivity index (χ2v) is 6.80. The molecule has 1 atom stereocenters. The molecule has 0 aliphatic carbocycles. The van der Waals surface area contributed by atoms with Gasteiger partial charge in [-0.2, -0.15) is 5.10 Å². The molecule has 0 radical (unpaired) electrons. The number of hydrogen-bond acceptors (Lipinski definition) is 6. The second kappa shape index (κ2) is 8.87. The summed E-state index contributed by atoms with van der Waals surface area (Å²) in [5.41, 5.74) is 2.20. The van der Waals surface area contributed by atoms with Crippen molar-refractivity contribution in [2.75, 3.05) is 19.9 Å². The Morgan fingerprint density at radius 2 is 2.03 bits per heavy atom. The van der Waals surface area contributed by atoms with Crippen LogP contribution in [0.1, 0.15) is 23.0 Å². The number of hydrogen-bond donors (Lipinski definition) is 2. The smallest absolute Gasteiger partial charge is 0.254 e. The van der Waals surface area contributed by atoms with Crippen molar-refractivity contribution in [2.24, 2.45) is 0 Å². The van der Waals surface area contributed by atoms with Crippen LogP contribution in [-0.2, 0) is 6.42 Å². The fourth-order valence-electron chi connectivity index (χ4n) is 3.22. The molecule has 30 heavy (non-hydrogen) atoms. The Morgan fingerprint density at radius 3 is 2.83 bits per heavy atom. The number of fused-ring (bicyclic) bond motifs is 1. The fourth-order valence-corrected chi connectivity index (χ4v) is 3.22. The fraction of sp³-hybridized carbons (Fsp3) is 0.273. The maximum atomic E-state index is 12.6. The molecule has 1 aliphatic heterocycles. The van der Waals surface area contributed by atoms with E-state index in [0.29, 0.717) is 29.2 Å². The minimum atomic E-state index is -0.867. The molecule has 1 aromatic heterocycles. The standard InChI is InChI=1S/C22H23N3O5/c1-2-19-18(12-24-25(19)15-6-4-3-5-7-15)22(27)23-11-16(26)13-28-17-8-9-20-21(10-17)30-14-29-20/h3-10,12,16,26H,2,11,13-14H2,1H3,(H,23,27). The maximum absolute atomic E-state index is 12.6. The minimum absolute atomic E-state index is 0.0316. The normalized spacial score (nSPS) is 13.1. The first kappa shape index (κ1) is 19.8. The highest BCUT2D eigenvalue weighted by atomic mass is 16.7. The third-order valence-electron chi connectivity index (χ3n) is 4.73. The van der Waals surface area contributed by atoms with Crippen LogP contribution in [0.4, 0.5) is 0 Å². The Morgan fingerprint density at radius 1 is 1.23 bits per heavy atom. The summed E-state index contributed by atoms with van der Waals surface area (Å²) in [5, 5.41) is 17.3. The zero-order valence-corrected chi connectivity index (χ0v) is 16.6. The van der Waals surface area contributed by atoms with Gasteiger partial charge in [-0.25, -0.2) is 4.68 Å². The largest absolute Gasteiger partial charge is 0.491 e. The first-order valence-electron chi connectivity index (χ1n) is 9.76. The molecule has 8 nitrogen and oxygen atoms in total. The van der Waals surface area contributed by atoms with Crippen molar-refractivity contribution in [2.45, 2.75) is 19.4 Å². The van der Waals surface area contributed by atoms with E-state index in [1.165, 1.54) is 0 Å². The summed E-state index contributed by atoms with van der Waals surface area (Å²) in [4.78, 5) is 12.6. The molecule has 2 heterocycles.